The highest BCUT2D eigenvalue weighted by atomic mass is 16.1. The van der Waals surface area contributed by atoms with Crippen molar-refractivity contribution in [2.24, 2.45) is 11.5 Å². The van der Waals surface area contributed by atoms with Crippen LogP contribution in [-0.2, 0) is 29.0 Å². The fourth-order valence-electron chi connectivity index (χ4n) is 3.16. The molecule has 0 aliphatic rings. The number of nitrogens with zero attached hydrogens (tertiary/aromatic N) is 1. The molecule has 0 aliphatic heterocycles. The lowest BCUT2D eigenvalue weighted by atomic mass is 10.0. The quantitative estimate of drug-likeness (QED) is 0.753. The summed E-state index contributed by atoms with van der Waals surface area (Å²) in [7, 11) is 0. The number of benzene rings is 2. The highest BCUT2D eigenvalue weighted by Gasteiger charge is 2.12. The van der Waals surface area contributed by atoms with Crippen molar-refractivity contribution in [3.63, 3.8) is 0 Å². The van der Waals surface area contributed by atoms with E-state index in [1.54, 1.807) is 0 Å². The summed E-state index contributed by atoms with van der Waals surface area (Å²) in [5.41, 5.74) is 14.6. The van der Waals surface area contributed by atoms with Gasteiger partial charge in [0.15, 0.2) is 0 Å². The predicted molar refractivity (Wildman–Crippen MR) is 90.9 cm³/mol. The second kappa shape index (κ2) is 5.76. The van der Waals surface area contributed by atoms with Gasteiger partial charge in [-0.15, -0.1) is 0 Å². The molecule has 0 saturated carbocycles. The van der Waals surface area contributed by atoms with Crippen LogP contribution in [0.5, 0.6) is 0 Å². The van der Waals surface area contributed by atoms with Crippen LogP contribution in [0.2, 0.25) is 0 Å². The summed E-state index contributed by atoms with van der Waals surface area (Å²) < 4.78 is 2.22. The van der Waals surface area contributed by atoms with E-state index in [1.807, 2.05) is 36.4 Å². The number of fused-ring (bicyclic) bond motifs is 3. The number of carbonyl (C=O) groups excluding carboxylic acids is 2. The summed E-state index contributed by atoms with van der Waals surface area (Å²) >= 11 is 0. The van der Waals surface area contributed by atoms with Crippen LogP contribution in [-0.4, -0.2) is 16.4 Å². The van der Waals surface area contributed by atoms with Crippen LogP contribution in [0.15, 0.2) is 36.4 Å². The molecule has 0 spiro atoms. The van der Waals surface area contributed by atoms with Gasteiger partial charge in [0.2, 0.25) is 11.8 Å². The minimum Gasteiger partial charge on any atom is -0.369 e. The lowest BCUT2D eigenvalue weighted by Crippen LogP contribution is -2.13. The first-order valence-corrected chi connectivity index (χ1v) is 7.60. The van der Waals surface area contributed by atoms with Crippen LogP contribution in [0.3, 0.4) is 0 Å². The smallest absolute Gasteiger partial charge is 0.221 e. The number of amides is 2. The lowest BCUT2D eigenvalue weighted by Gasteiger charge is -2.04. The molecule has 4 N–H and O–H groups in total. The standard InChI is InChI=1S/C18H19N3O2/c1-2-21-15-5-3-11(9-17(19)22)7-13(15)14-8-12(10-18(20)23)4-6-16(14)21/h3-8H,2,9-10H2,1H3,(H2,19,22)(H2,20,23). The van der Waals surface area contributed by atoms with Crippen LogP contribution < -0.4 is 11.5 Å². The molecule has 0 unspecified atom stereocenters. The zero-order valence-electron chi connectivity index (χ0n) is 13.0. The Bertz CT molecular complexity index is 852. The number of primary amides is 2. The summed E-state index contributed by atoms with van der Waals surface area (Å²) in [6.07, 6.45) is 0.436. The van der Waals surface area contributed by atoms with Crippen molar-refractivity contribution in [1.29, 1.82) is 0 Å². The van der Waals surface area contributed by atoms with Gasteiger partial charge in [0, 0.05) is 28.4 Å². The van der Waals surface area contributed by atoms with Gasteiger partial charge in [0.1, 0.15) is 0 Å². The number of aromatic nitrogens is 1. The Balaban J connectivity index is 2.25. The van der Waals surface area contributed by atoms with E-state index in [0.29, 0.717) is 0 Å². The largest absolute Gasteiger partial charge is 0.369 e. The number of carbonyl (C=O) groups is 2. The Morgan fingerprint density at radius 1 is 0.870 bits per heavy atom. The predicted octanol–water partition coefficient (Wildman–Crippen LogP) is 1.87. The van der Waals surface area contributed by atoms with Gasteiger partial charge in [-0.3, -0.25) is 9.59 Å². The highest BCUT2D eigenvalue weighted by molar-refractivity contribution is 6.08. The van der Waals surface area contributed by atoms with Crippen molar-refractivity contribution < 1.29 is 9.59 Å². The second-order valence-electron chi connectivity index (χ2n) is 5.73. The van der Waals surface area contributed by atoms with Crippen LogP contribution in [0.1, 0.15) is 18.1 Å². The Morgan fingerprint density at radius 2 is 1.30 bits per heavy atom. The molecule has 0 saturated heterocycles. The number of hydrogen-bond donors (Lipinski definition) is 2. The molecule has 3 rings (SSSR count). The molecule has 118 valence electrons. The van der Waals surface area contributed by atoms with Gasteiger partial charge in [-0.05, 0) is 42.3 Å². The minimum atomic E-state index is -0.349. The topological polar surface area (TPSA) is 91.1 Å². The average Bonchev–Trinajstić information content (AvgIpc) is 2.78. The third-order valence-corrected chi connectivity index (χ3v) is 4.07. The number of nitrogens with two attached hydrogens (primary N) is 2. The van der Waals surface area contributed by atoms with Gasteiger partial charge in [0.25, 0.3) is 0 Å². The molecule has 0 fully saturated rings. The maximum atomic E-state index is 11.2. The van der Waals surface area contributed by atoms with Gasteiger partial charge in [0.05, 0.1) is 12.8 Å². The Kier molecular flexibility index (Phi) is 3.78. The van der Waals surface area contributed by atoms with Crippen molar-refractivity contribution in [3.05, 3.63) is 47.5 Å². The first kappa shape index (κ1) is 15.1. The first-order valence-electron chi connectivity index (χ1n) is 7.60. The van der Waals surface area contributed by atoms with Crippen LogP contribution in [0, 0.1) is 0 Å². The van der Waals surface area contributed by atoms with E-state index in [4.69, 9.17) is 11.5 Å². The number of hydrogen-bond acceptors (Lipinski definition) is 2. The molecular weight excluding hydrogens is 290 g/mol. The molecule has 1 heterocycles. The average molecular weight is 309 g/mol. The number of rotatable bonds is 5. The highest BCUT2D eigenvalue weighted by Crippen LogP contribution is 2.31. The molecule has 0 aliphatic carbocycles. The summed E-state index contributed by atoms with van der Waals surface area (Å²) in [6.45, 7) is 2.93. The second-order valence-corrected chi connectivity index (χ2v) is 5.73. The van der Waals surface area contributed by atoms with Crippen molar-refractivity contribution in [2.45, 2.75) is 26.3 Å². The maximum absolute atomic E-state index is 11.2. The zero-order valence-corrected chi connectivity index (χ0v) is 13.0. The molecule has 0 atom stereocenters. The molecule has 0 radical (unpaired) electrons. The van der Waals surface area contributed by atoms with E-state index in [1.165, 1.54) is 0 Å². The fourth-order valence-corrected chi connectivity index (χ4v) is 3.16. The summed E-state index contributed by atoms with van der Waals surface area (Å²) in [5.74, 6) is -0.698. The third kappa shape index (κ3) is 2.77. The Labute approximate surface area is 133 Å². The van der Waals surface area contributed by atoms with E-state index >= 15 is 0 Å². The molecular formula is C18H19N3O2. The monoisotopic (exact) mass is 309 g/mol. The van der Waals surface area contributed by atoms with Crippen LogP contribution in [0.25, 0.3) is 21.8 Å². The van der Waals surface area contributed by atoms with Gasteiger partial charge in [-0.2, -0.15) is 0 Å². The van der Waals surface area contributed by atoms with Gasteiger partial charge in [-0.25, -0.2) is 0 Å². The summed E-state index contributed by atoms with van der Waals surface area (Å²) in [5, 5.41) is 2.12. The van der Waals surface area contributed by atoms with Gasteiger partial charge >= 0.3 is 0 Å². The SMILES string of the molecule is CCn1c2ccc(CC(N)=O)cc2c2cc(CC(N)=O)ccc21. The van der Waals surface area contributed by atoms with E-state index in [9.17, 15) is 9.59 Å². The van der Waals surface area contributed by atoms with Crippen molar-refractivity contribution in [1.82, 2.24) is 4.57 Å². The molecule has 0 bridgehead atoms. The molecule has 1 aromatic heterocycles. The minimum absolute atomic E-state index is 0.218. The lowest BCUT2D eigenvalue weighted by molar-refractivity contribution is -0.118. The van der Waals surface area contributed by atoms with Crippen LogP contribution in [0.4, 0.5) is 0 Å². The van der Waals surface area contributed by atoms with E-state index in [0.717, 1.165) is 39.5 Å². The van der Waals surface area contributed by atoms with Crippen LogP contribution >= 0.6 is 0 Å². The van der Waals surface area contributed by atoms with Gasteiger partial charge < -0.3 is 16.0 Å². The summed E-state index contributed by atoms with van der Waals surface area (Å²) in [4.78, 5) is 22.3. The normalized spacial score (nSPS) is 11.2. The van der Waals surface area contributed by atoms with E-state index in [2.05, 4.69) is 11.5 Å². The molecule has 5 heteroatoms. The number of aryl methyl sites for hydroxylation is 1. The van der Waals surface area contributed by atoms with Crippen molar-refractivity contribution >= 4 is 33.6 Å². The molecule has 5 nitrogen and oxygen atoms in total. The van der Waals surface area contributed by atoms with Gasteiger partial charge in [-0.1, -0.05) is 12.1 Å². The maximum Gasteiger partial charge on any atom is 0.221 e. The van der Waals surface area contributed by atoms with Crippen molar-refractivity contribution in [2.75, 3.05) is 0 Å². The Hall–Kier alpha value is -2.82. The van der Waals surface area contributed by atoms with E-state index < -0.39 is 0 Å². The zero-order chi connectivity index (χ0) is 16.6. The Morgan fingerprint density at radius 3 is 1.65 bits per heavy atom. The molecule has 2 amide bonds. The van der Waals surface area contributed by atoms with E-state index in [-0.39, 0.29) is 24.7 Å². The van der Waals surface area contributed by atoms with Crippen molar-refractivity contribution in [3.8, 4) is 0 Å². The first-order chi connectivity index (χ1) is 11.0. The molecule has 2 aromatic carbocycles. The molecule has 3 aromatic rings. The molecule has 23 heavy (non-hydrogen) atoms. The summed E-state index contributed by atoms with van der Waals surface area (Å²) in [6, 6.07) is 11.9. The fraction of sp³-hybridized carbons (Fsp3) is 0.222. The third-order valence-electron chi connectivity index (χ3n) is 4.07.